The fourth-order valence-electron chi connectivity index (χ4n) is 2.67. The van der Waals surface area contributed by atoms with Crippen molar-refractivity contribution in [1.82, 2.24) is 0 Å². The van der Waals surface area contributed by atoms with E-state index in [4.69, 9.17) is 25.8 Å². The van der Waals surface area contributed by atoms with Gasteiger partial charge in [-0.25, -0.2) is 0 Å². The third-order valence-electron chi connectivity index (χ3n) is 3.79. The van der Waals surface area contributed by atoms with Gasteiger partial charge in [0.2, 0.25) is 0 Å². The van der Waals surface area contributed by atoms with Crippen molar-refractivity contribution in [3.8, 4) is 11.5 Å². The molecule has 0 aliphatic heterocycles. The molecule has 2 atom stereocenters. The largest absolute Gasteiger partial charge is 0.493 e. The van der Waals surface area contributed by atoms with Gasteiger partial charge in [-0.05, 0) is 25.7 Å². The van der Waals surface area contributed by atoms with Crippen LogP contribution in [0.4, 0.5) is 5.69 Å². The minimum atomic E-state index is 0.333. The maximum absolute atomic E-state index is 6.30. The first-order chi connectivity index (χ1) is 9.67. The van der Waals surface area contributed by atoms with Gasteiger partial charge >= 0.3 is 0 Å². The fourth-order valence-corrected chi connectivity index (χ4v) is 2.88. The van der Waals surface area contributed by atoms with Crippen LogP contribution in [0.25, 0.3) is 0 Å². The molecule has 112 valence electrons. The molecule has 1 aliphatic rings. The number of hydrogen-bond acceptors (Lipinski definition) is 4. The minimum absolute atomic E-state index is 0.333. The van der Waals surface area contributed by atoms with Crippen molar-refractivity contribution in [3.05, 3.63) is 17.2 Å². The topological polar surface area (TPSA) is 39.7 Å². The lowest BCUT2D eigenvalue weighted by Gasteiger charge is -2.30. The summed E-state index contributed by atoms with van der Waals surface area (Å²) in [6.07, 6.45) is 4.77. The van der Waals surface area contributed by atoms with E-state index in [0.29, 0.717) is 28.7 Å². The molecule has 1 fully saturated rings. The Hall–Kier alpha value is -1.13. The number of ether oxygens (including phenoxy) is 3. The summed E-state index contributed by atoms with van der Waals surface area (Å²) in [6.45, 7) is 0. The van der Waals surface area contributed by atoms with E-state index in [2.05, 4.69) is 5.32 Å². The second-order valence-corrected chi connectivity index (χ2v) is 5.46. The third kappa shape index (κ3) is 3.49. The molecule has 0 bridgehead atoms. The Balaban J connectivity index is 2.12. The van der Waals surface area contributed by atoms with Gasteiger partial charge in [0.25, 0.3) is 0 Å². The van der Waals surface area contributed by atoms with Crippen molar-refractivity contribution in [2.45, 2.75) is 37.8 Å². The lowest BCUT2D eigenvalue weighted by Crippen LogP contribution is -2.31. The predicted molar refractivity (Wildman–Crippen MR) is 81.2 cm³/mol. The van der Waals surface area contributed by atoms with Gasteiger partial charge in [-0.15, -0.1) is 0 Å². The molecule has 0 spiro atoms. The Morgan fingerprint density at radius 2 is 1.80 bits per heavy atom. The molecular formula is C15H22ClNO3. The van der Waals surface area contributed by atoms with Gasteiger partial charge in [-0.1, -0.05) is 11.6 Å². The van der Waals surface area contributed by atoms with Gasteiger partial charge in [0.1, 0.15) is 0 Å². The van der Waals surface area contributed by atoms with Crippen LogP contribution < -0.4 is 14.8 Å². The number of nitrogens with one attached hydrogen (secondary N) is 1. The molecule has 1 saturated carbocycles. The summed E-state index contributed by atoms with van der Waals surface area (Å²) < 4.78 is 16.0. The molecule has 0 amide bonds. The van der Waals surface area contributed by atoms with E-state index < -0.39 is 0 Å². The highest BCUT2D eigenvalue weighted by molar-refractivity contribution is 6.33. The van der Waals surface area contributed by atoms with Crippen molar-refractivity contribution < 1.29 is 14.2 Å². The van der Waals surface area contributed by atoms with Gasteiger partial charge in [-0.2, -0.15) is 0 Å². The normalized spacial score (nSPS) is 22.4. The molecule has 1 aromatic carbocycles. The molecule has 0 aromatic heterocycles. The maximum Gasteiger partial charge on any atom is 0.162 e. The summed E-state index contributed by atoms with van der Waals surface area (Å²) in [5, 5.41) is 4.13. The number of benzene rings is 1. The van der Waals surface area contributed by atoms with E-state index in [1.54, 1.807) is 27.4 Å². The molecule has 1 N–H and O–H groups in total. The number of methoxy groups -OCH3 is 3. The SMILES string of the molecule is COc1cc(Cl)c(NC2CCCC(OC)C2)cc1OC. The van der Waals surface area contributed by atoms with Gasteiger partial charge in [-0.3, -0.25) is 0 Å². The summed E-state index contributed by atoms with van der Waals surface area (Å²) in [6, 6.07) is 4.04. The molecule has 0 heterocycles. The van der Waals surface area contributed by atoms with Gasteiger partial charge in [0, 0.05) is 25.3 Å². The Morgan fingerprint density at radius 3 is 2.45 bits per heavy atom. The van der Waals surface area contributed by atoms with Crippen LogP contribution in [-0.2, 0) is 4.74 Å². The van der Waals surface area contributed by atoms with Gasteiger partial charge in [0.05, 0.1) is 31.0 Å². The first-order valence-corrected chi connectivity index (χ1v) is 7.26. The van der Waals surface area contributed by atoms with E-state index in [1.165, 1.54) is 6.42 Å². The van der Waals surface area contributed by atoms with E-state index >= 15 is 0 Å². The Bertz CT molecular complexity index is 453. The molecule has 1 aromatic rings. The van der Waals surface area contributed by atoms with Crippen molar-refractivity contribution in [2.24, 2.45) is 0 Å². The highest BCUT2D eigenvalue weighted by Gasteiger charge is 2.22. The summed E-state index contributed by atoms with van der Waals surface area (Å²) in [7, 11) is 5.00. The Morgan fingerprint density at radius 1 is 1.10 bits per heavy atom. The maximum atomic E-state index is 6.30. The van der Waals surface area contributed by atoms with Crippen molar-refractivity contribution in [1.29, 1.82) is 0 Å². The summed E-state index contributed by atoms with van der Waals surface area (Å²) in [5.41, 5.74) is 0.881. The number of rotatable bonds is 5. The number of anilines is 1. The molecule has 5 heteroatoms. The van der Waals surface area contributed by atoms with Crippen LogP contribution in [0.3, 0.4) is 0 Å². The fraction of sp³-hybridized carbons (Fsp3) is 0.600. The monoisotopic (exact) mass is 299 g/mol. The number of halogens is 1. The molecular weight excluding hydrogens is 278 g/mol. The first-order valence-electron chi connectivity index (χ1n) is 6.88. The molecule has 0 radical (unpaired) electrons. The molecule has 1 aliphatic carbocycles. The lowest BCUT2D eigenvalue weighted by molar-refractivity contribution is 0.0669. The van der Waals surface area contributed by atoms with Gasteiger partial charge in [0.15, 0.2) is 11.5 Å². The van der Waals surface area contributed by atoms with Crippen LogP contribution in [0.15, 0.2) is 12.1 Å². The van der Waals surface area contributed by atoms with Crippen LogP contribution in [-0.4, -0.2) is 33.5 Å². The second-order valence-electron chi connectivity index (χ2n) is 5.05. The molecule has 2 rings (SSSR count). The molecule has 0 saturated heterocycles. The predicted octanol–water partition coefficient (Wildman–Crippen LogP) is 3.73. The van der Waals surface area contributed by atoms with E-state index in [0.717, 1.165) is 24.9 Å². The van der Waals surface area contributed by atoms with Crippen LogP contribution >= 0.6 is 11.6 Å². The average molecular weight is 300 g/mol. The zero-order chi connectivity index (χ0) is 14.5. The standard InChI is InChI=1S/C15H22ClNO3/c1-18-11-6-4-5-10(7-11)17-13-9-15(20-3)14(19-2)8-12(13)16/h8-11,17H,4-7H2,1-3H3. The van der Waals surface area contributed by atoms with E-state index in [-0.39, 0.29) is 0 Å². The van der Waals surface area contributed by atoms with Crippen molar-refractivity contribution in [3.63, 3.8) is 0 Å². The molecule has 2 unspecified atom stereocenters. The quantitative estimate of drug-likeness (QED) is 0.899. The van der Waals surface area contributed by atoms with E-state index in [9.17, 15) is 0 Å². The summed E-state index contributed by atoms with van der Waals surface area (Å²) in [4.78, 5) is 0. The number of hydrogen-bond donors (Lipinski definition) is 1. The average Bonchev–Trinajstić information content (AvgIpc) is 2.49. The van der Waals surface area contributed by atoms with Crippen molar-refractivity contribution in [2.75, 3.05) is 26.6 Å². The van der Waals surface area contributed by atoms with Crippen LogP contribution in [0.2, 0.25) is 5.02 Å². The third-order valence-corrected chi connectivity index (χ3v) is 4.10. The highest BCUT2D eigenvalue weighted by Crippen LogP contribution is 2.37. The Labute approximate surface area is 125 Å². The van der Waals surface area contributed by atoms with Crippen molar-refractivity contribution >= 4 is 17.3 Å². The smallest absolute Gasteiger partial charge is 0.162 e. The molecule has 4 nitrogen and oxygen atoms in total. The van der Waals surface area contributed by atoms with E-state index in [1.807, 2.05) is 6.07 Å². The van der Waals surface area contributed by atoms with Gasteiger partial charge < -0.3 is 19.5 Å². The minimum Gasteiger partial charge on any atom is -0.493 e. The highest BCUT2D eigenvalue weighted by atomic mass is 35.5. The lowest BCUT2D eigenvalue weighted by atomic mass is 9.92. The summed E-state index contributed by atoms with van der Waals surface area (Å²) >= 11 is 6.30. The first kappa shape index (κ1) is 15.3. The summed E-state index contributed by atoms with van der Waals surface area (Å²) in [5.74, 6) is 1.32. The zero-order valence-corrected chi connectivity index (χ0v) is 13.0. The second kappa shape index (κ2) is 7.04. The van der Waals surface area contributed by atoms with Crippen LogP contribution in [0.1, 0.15) is 25.7 Å². The van der Waals surface area contributed by atoms with Crippen LogP contribution in [0, 0.1) is 0 Å². The van der Waals surface area contributed by atoms with Crippen LogP contribution in [0.5, 0.6) is 11.5 Å². The zero-order valence-electron chi connectivity index (χ0n) is 12.2. The molecule has 20 heavy (non-hydrogen) atoms. The Kier molecular flexibility index (Phi) is 5.38.